The topological polar surface area (TPSA) is 29.5 Å². The molecule has 118 valence electrons. The molecule has 4 heteroatoms. The van der Waals surface area contributed by atoms with Gasteiger partial charge in [0.2, 0.25) is 0 Å². The molecule has 1 aromatic rings. The summed E-state index contributed by atoms with van der Waals surface area (Å²) in [6.45, 7) is 0. The summed E-state index contributed by atoms with van der Waals surface area (Å²) in [4.78, 5) is 0.0348. The van der Waals surface area contributed by atoms with E-state index >= 15 is 0 Å². The number of benzene rings is 1. The zero-order valence-electron chi connectivity index (χ0n) is 12.6. The van der Waals surface area contributed by atoms with Gasteiger partial charge < -0.3 is 9.84 Å². The third kappa shape index (κ3) is 2.35. The van der Waals surface area contributed by atoms with E-state index in [1.807, 2.05) is 12.1 Å². The van der Waals surface area contributed by atoms with E-state index in [2.05, 4.69) is 28.7 Å². The average Bonchev–Trinajstić information content (AvgIpc) is 2.44. The fourth-order valence-electron chi connectivity index (χ4n) is 5.12. The van der Waals surface area contributed by atoms with Crippen molar-refractivity contribution in [1.29, 1.82) is 0 Å². The Kier molecular flexibility index (Phi) is 3.65. The number of halogens is 2. The van der Waals surface area contributed by atoms with Gasteiger partial charge in [0.25, 0.3) is 0 Å². The zero-order valence-corrected chi connectivity index (χ0v) is 15.5. The highest BCUT2D eigenvalue weighted by molar-refractivity contribution is 14.1. The maximum atomic E-state index is 10.0. The second-order valence-electron chi connectivity index (χ2n) is 7.15. The summed E-state index contributed by atoms with van der Waals surface area (Å²) in [5, 5.41) is 10.0. The van der Waals surface area contributed by atoms with E-state index in [0.717, 1.165) is 33.7 Å². The highest BCUT2D eigenvalue weighted by Crippen LogP contribution is 2.61. The Balaban J connectivity index is 1.79. The Hall–Kier alpha value is -0.420. The van der Waals surface area contributed by atoms with Gasteiger partial charge in [0.1, 0.15) is 11.5 Å². The third-order valence-corrected chi connectivity index (χ3v) is 7.04. The summed E-state index contributed by atoms with van der Waals surface area (Å²) < 4.78 is 6.68. The molecule has 2 unspecified atom stereocenters. The van der Waals surface area contributed by atoms with Crippen LogP contribution in [-0.4, -0.2) is 17.1 Å². The minimum absolute atomic E-state index is 0.0348. The smallest absolute Gasteiger partial charge is 0.129 e. The standard InChI is InChI=1S/C18H20ClIO2/c1-22-17(11-2-3-14(20)15(21)6-11)16-12-4-10-5-13(16)9-18(19,7-10)8-12/h2-3,6,10,12-13,21H,4-5,7-9H2,1H3/b17-16-/t10?,12-,13+,18?/m1/s1. The molecule has 0 heterocycles. The monoisotopic (exact) mass is 430 g/mol. The molecule has 4 aliphatic carbocycles. The zero-order chi connectivity index (χ0) is 15.5. The van der Waals surface area contributed by atoms with E-state index in [9.17, 15) is 5.11 Å². The molecule has 4 fully saturated rings. The van der Waals surface area contributed by atoms with E-state index < -0.39 is 0 Å². The lowest BCUT2D eigenvalue weighted by Crippen LogP contribution is -2.48. The van der Waals surface area contributed by atoms with Crippen LogP contribution < -0.4 is 0 Å². The quantitative estimate of drug-likeness (QED) is 0.398. The number of hydrogen-bond acceptors (Lipinski definition) is 2. The molecule has 0 amide bonds. The minimum atomic E-state index is 0.0348. The van der Waals surface area contributed by atoms with E-state index in [-0.39, 0.29) is 4.87 Å². The van der Waals surface area contributed by atoms with Crippen molar-refractivity contribution in [3.05, 3.63) is 32.9 Å². The van der Waals surface area contributed by atoms with Crippen LogP contribution in [0.15, 0.2) is 23.8 Å². The summed E-state index contributed by atoms with van der Waals surface area (Å²) in [6, 6.07) is 5.83. The van der Waals surface area contributed by atoms with Gasteiger partial charge in [0.15, 0.2) is 0 Å². The minimum Gasteiger partial charge on any atom is -0.507 e. The van der Waals surface area contributed by atoms with Crippen LogP contribution in [0.4, 0.5) is 0 Å². The number of phenolic OH excluding ortho intramolecular Hbond substituents is 1. The van der Waals surface area contributed by atoms with Gasteiger partial charge in [-0.25, -0.2) is 0 Å². The first-order valence-corrected chi connectivity index (χ1v) is 9.40. The molecule has 0 aromatic heterocycles. The Morgan fingerprint density at radius 3 is 2.50 bits per heavy atom. The maximum absolute atomic E-state index is 10.0. The molecule has 0 radical (unpaired) electrons. The molecule has 0 spiro atoms. The number of phenols is 1. The maximum Gasteiger partial charge on any atom is 0.129 e. The van der Waals surface area contributed by atoms with Crippen molar-refractivity contribution in [2.75, 3.05) is 7.11 Å². The number of hydrogen-bond donors (Lipinski definition) is 1. The van der Waals surface area contributed by atoms with Gasteiger partial charge in [0.05, 0.1) is 10.7 Å². The van der Waals surface area contributed by atoms with Crippen LogP contribution in [0, 0.1) is 21.3 Å². The van der Waals surface area contributed by atoms with Crippen molar-refractivity contribution < 1.29 is 9.84 Å². The predicted octanol–water partition coefficient (Wildman–Crippen LogP) is 5.17. The number of ether oxygens (including phenoxy) is 1. The molecule has 4 atom stereocenters. The van der Waals surface area contributed by atoms with Crippen LogP contribution in [0.5, 0.6) is 5.75 Å². The summed E-state index contributed by atoms with van der Waals surface area (Å²) in [5.74, 6) is 3.20. The number of rotatable bonds is 2. The normalized spacial score (nSPS) is 38.2. The second-order valence-corrected chi connectivity index (χ2v) is 9.11. The Bertz CT molecular complexity index is 636. The predicted molar refractivity (Wildman–Crippen MR) is 96.9 cm³/mol. The highest BCUT2D eigenvalue weighted by Gasteiger charge is 2.53. The first-order valence-electron chi connectivity index (χ1n) is 7.95. The van der Waals surface area contributed by atoms with Gasteiger partial charge in [-0.15, -0.1) is 11.6 Å². The lowest BCUT2D eigenvalue weighted by atomic mass is 9.53. The summed E-state index contributed by atoms with van der Waals surface area (Å²) in [7, 11) is 1.75. The van der Waals surface area contributed by atoms with E-state index in [1.54, 1.807) is 7.11 Å². The van der Waals surface area contributed by atoms with Gasteiger partial charge in [-0.05, 0) is 96.2 Å². The van der Waals surface area contributed by atoms with Crippen LogP contribution in [0.1, 0.15) is 37.7 Å². The van der Waals surface area contributed by atoms with Crippen molar-refractivity contribution in [3.8, 4) is 5.75 Å². The molecular weight excluding hydrogens is 411 g/mol. The molecule has 4 saturated carbocycles. The van der Waals surface area contributed by atoms with Crippen LogP contribution in [0.3, 0.4) is 0 Å². The van der Waals surface area contributed by atoms with Crippen molar-refractivity contribution in [1.82, 2.24) is 0 Å². The highest BCUT2D eigenvalue weighted by atomic mass is 127. The molecule has 1 aromatic carbocycles. The second kappa shape index (κ2) is 5.30. The summed E-state index contributed by atoms with van der Waals surface area (Å²) in [5.41, 5.74) is 2.45. The van der Waals surface area contributed by atoms with Crippen LogP contribution in [-0.2, 0) is 4.74 Å². The third-order valence-electron chi connectivity index (χ3n) is 5.67. The average molecular weight is 431 g/mol. The molecule has 4 bridgehead atoms. The van der Waals surface area contributed by atoms with E-state index in [4.69, 9.17) is 16.3 Å². The van der Waals surface area contributed by atoms with Crippen molar-refractivity contribution in [2.45, 2.75) is 37.0 Å². The van der Waals surface area contributed by atoms with Gasteiger partial charge in [0, 0.05) is 10.4 Å². The number of alkyl halides is 1. The molecule has 2 nitrogen and oxygen atoms in total. The molecule has 1 N–H and O–H groups in total. The van der Waals surface area contributed by atoms with Crippen LogP contribution in [0.25, 0.3) is 5.76 Å². The van der Waals surface area contributed by atoms with Gasteiger partial charge in [-0.2, -0.15) is 0 Å². The summed E-state index contributed by atoms with van der Waals surface area (Å²) >= 11 is 8.98. The lowest BCUT2D eigenvalue weighted by molar-refractivity contribution is 0.0843. The molecule has 22 heavy (non-hydrogen) atoms. The van der Waals surface area contributed by atoms with Gasteiger partial charge in [-0.1, -0.05) is 0 Å². The van der Waals surface area contributed by atoms with Crippen LogP contribution in [0.2, 0.25) is 0 Å². The first-order chi connectivity index (χ1) is 10.5. The molecule has 4 aliphatic rings. The SMILES string of the molecule is CO/C(=C1/[C@@H]2CC3C[C@H]1CC(Cl)(C3)C2)c1ccc(I)c(O)c1. The molecule has 5 rings (SSSR count). The van der Waals surface area contributed by atoms with Gasteiger partial charge in [-0.3, -0.25) is 0 Å². The Morgan fingerprint density at radius 2 is 1.95 bits per heavy atom. The Morgan fingerprint density at radius 1 is 1.27 bits per heavy atom. The fourth-order valence-corrected chi connectivity index (χ4v) is 6.05. The van der Waals surface area contributed by atoms with Crippen molar-refractivity contribution in [2.24, 2.45) is 17.8 Å². The summed E-state index contributed by atoms with van der Waals surface area (Å²) in [6.07, 6.45) is 5.87. The van der Waals surface area contributed by atoms with Gasteiger partial charge >= 0.3 is 0 Å². The van der Waals surface area contributed by atoms with Crippen molar-refractivity contribution in [3.63, 3.8) is 0 Å². The molecule has 0 saturated heterocycles. The lowest BCUT2D eigenvalue weighted by Gasteiger charge is -2.55. The number of aromatic hydroxyl groups is 1. The number of methoxy groups -OCH3 is 1. The van der Waals surface area contributed by atoms with Crippen molar-refractivity contribution >= 4 is 40.0 Å². The Labute approximate surface area is 150 Å². The van der Waals surface area contributed by atoms with E-state index in [0.29, 0.717) is 17.6 Å². The largest absolute Gasteiger partial charge is 0.507 e. The van der Waals surface area contributed by atoms with Crippen LogP contribution >= 0.6 is 34.2 Å². The molecule has 0 aliphatic heterocycles. The molecular formula is C18H20ClIO2. The fraction of sp³-hybridized carbons (Fsp3) is 0.556. The van der Waals surface area contributed by atoms with E-state index in [1.165, 1.54) is 24.8 Å². The first kappa shape index (κ1) is 15.1. The number of allylic oxidation sites excluding steroid dienone is 1.